The Kier molecular flexibility index (Phi) is 4.11. The van der Waals surface area contributed by atoms with Crippen LogP contribution in [0.2, 0.25) is 5.02 Å². The molecule has 1 aromatic heterocycles. The van der Waals surface area contributed by atoms with Gasteiger partial charge >= 0.3 is 0 Å². The van der Waals surface area contributed by atoms with E-state index in [1.807, 2.05) is 13.8 Å². The Balaban J connectivity index is 2.02. The second-order valence-corrected chi connectivity index (χ2v) is 7.65. The van der Waals surface area contributed by atoms with Gasteiger partial charge in [-0.3, -0.25) is 0 Å². The van der Waals surface area contributed by atoms with Crippen molar-refractivity contribution in [2.45, 2.75) is 25.8 Å². The molecule has 0 saturated carbocycles. The van der Waals surface area contributed by atoms with Gasteiger partial charge in [-0.15, -0.1) is 0 Å². The van der Waals surface area contributed by atoms with Crippen molar-refractivity contribution in [3.63, 3.8) is 0 Å². The van der Waals surface area contributed by atoms with Gasteiger partial charge in [0.05, 0.1) is 27.4 Å². The molecule has 0 atom stereocenters. The van der Waals surface area contributed by atoms with Gasteiger partial charge < -0.3 is 15.1 Å². The van der Waals surface area contributed by atoms with Crippen LogP contribution in [0.15, 0.2) is 35.6 Å². The highest BCUT2D eigenvalue weighted by molar-refractivity contribution is 6.36. The molecule has 0 amide bonds. The predicted octanol–water partition coefficient (Wildman–Crippen LogP) is 5.71. The van der Waals surface area contributed by atoms with Crippen molar-refractivity contribution in [2.24, 2.45) is 5.16 Å². The fourth-order valence-corrected chi connectivity index (χ4v) is 3.89. The molecule has 0 bridgehead atoms. The lowest BCUT2D eigenvalue weighted by Crippen LogP contribution is -2.39. The van der Waals surface area contributed by atoms with Crippen LogP contribution >= 0.6 is 11.6 Å². The summed E-state index contributed by atoms with van der Waals surface area (Å²) in [6.07, 6.45) is 2.04. The van der Waals surface area contributed by atoms with Crippen LogP contribution in [-0.2, 0) is 4.84 Å². The maximum absolute atomic E-state index is 15.6. The molecule has 1 aliphatic rings. The molecule has 2 N–H and O–H groups in total. The summed E-state index contributed by atoms with van der Waals surface area (Å²) < 4.78 is 30.6. The number of para-hydroxylation sites is 1. The number of benzene rings is 2. The van der Waals surface area contributed by atoms with Gasteiger partial charge in [0.25, 0.3) is 0 Å². The first-order valence-corrected chi connectivity index (χ1v) is 8.87. The zero-order chi connectivity index (χ0) is 19.3. The van der Waals surface area contributed by atoms with E-state index in [-0.39, 0.29) is 11.1 Å². The summed E-state index contributed by atoms with van der Waals surface area (Å²) in [6, 6.07) is 6.49. The monoisotopic (exact) mass is 389 g/mol. The Hall–Kier alpha value is -2.60. The van der Waals surface area contributed by atoms with E-state index >= 15 is 8.78 Å². The number of hydrogen-bond acceptors (Lipinski definition) is 3. The lowest BCUT2D eigenvalue weighted by Gasteiger charge is -2.34. The Morgan fingerprint density at radius 3 is 2.74 bits per heavy atom. The van der Waals surface area contributed by atoms with E-state index in [0.29, 0.717) is 39.3 Å². The molecule has 1 aliphatic heterocycles. The van der Waals surface area contributed by atoms with Crippen LogP contribution in [0.25, 0.3) is 22.0 Å². The highest BCUT2D eigenvalue weighted by Gasteiger charge is 2.34. The smallest absolute Gasteiger partial charge is 0.145 e. The molecule has 2 heterocycles. The Morgan fingerprint density at radius 2 is 2.00 bits per heavy atom. The van der Waals surface area contributed by atoms with E-state index in [4.69, 9.17) is 16.4 Å². The normalized spacial score (nSPS) is 17.0. The maximum atomic E-state index is 15.6. The van der Waals surface area contributed by atoms with E-state index in [9.17, 15) is 0 Å². The largest absolute Gasteiger partial charge is 0.399 e. The summed E-state index contributed by atoms with van der Waals surface area (Å²) in [4.78, 5) is 7.92. The van der Waals surface area contributed by atoms with Crippen LogP contribution in [0.3, 0.4) is 0 Å². The summed E-state index contributed by atoms with van der Waals surface area (Å²) in [5, 5.41) is 8.38. The SMILES string of the molecule is CO/N=C1\CC(C)(C)Nc2cc(F)c(-c3cccc4c(Cl)c[nH]c34)c(F)c21. The van der Waals surface area contributed by atoms with Gasteiger partial charge in [-0.05, 0) is 19.9 Å². The van der Waals surface area contributed by atoms with Crippen molar-refractivity contribution in [2.75, 3.05) is 12.4 Å². The molecule has 3 aromatic rings. The van der Waals surface area contributed by atoms with Gasteiger partial charge in [0, 0.05) is 34.8 Å². The third-order valence-corrected chi connectivity index (χ3v) is 5.04. The van der Waals surface area contributed by atoms with Gasteiger partial charge in [-0.2, -0.15) is 0 Å². The van der Waals surface area contributed by atoms with Crippen LogP contribution in [-0.4, -0.2) is 23.3 Å². The minimum atomic E-state index is -0.679. The maximum Gasteiger partial charge on any atom is 0.145 e. The van der Waals surface area contributed by atoms with Crippen LogP contribution < -0.4 is 5.32 Å². The lowest BCUT2D eigenvalue weighted by molar-refractivity contribution is 0.212. The second kappa shape index (κ2) is 6.23. The van der Waals surface area contributed by atoms with Crippen molar-refractivity contribution in [1.29, 1.82) is 0 Å². The van der Waals surface area contributed by atoms with Gasteiger partial charge in [0.1, 0.15) is 18.7 Å². The van der Waals surface area contributed by atoms with E-state index in [1.54, 1.807) is 24.4 Å². The van der Waals surface area contributed by atoms with Crippen LogP contribution in [0.1, 0.15) is 25.8 Å². The molecule has 4 rings (SSSR count). The number of hydrogen-bond donors (Lipinski definition) is 2. The average Bonchev–Trinajstić information content (AvgIpc) is 2.95. The molecule has 0 aliphatic carbocycles. The number of aromatic amines is 1. The third-order valence-electron chi connectivity index (χ3n) is 4.73. The molecule has 0 radical (unpaired) electrons. The fraction of sp³-hybridized carbons (Fsp3) is 0.250. The molecule has 0 fully saturated rings. The fourth-order valence-electron chi connectivity index (χ4n) is 3.68. The highest BCUT2D eigenvalue weighted by Crippen LogP contribution is 2.41. The molecule has 2 aromatic carbocycles. The standard InChI is InChI=1S/C20H18ClF2N3O/c1-20(2)8-15(26-27-3)17-14(25-20)7-13(22)16(18(17)23)11-6-4-5-10-12(21)9-24-19(10)11/h4-7,9,24-25H,8H2,1-3H3/b26-15+. The first-order chi connectivity index (χ1) is 12.8. The Bertz CT molecular complexity index is 1090. The first kappa shape index (κ1) is 17.8. The number of halogens is 3. The highest BCUT2D eigenvalue weighted by atomic mass is 35.5. The predicted molar refractivity (Wildman–Crippen MR) is 105 cm³/mol. The number of nitrogens with zero attached hydrogens (tertiary/aromatic N) is 1. The summed E-state index contributed by atoms with van der Waals surface area (Å²) in [7, 11) is 1.41. The van der Waals surface area contributed by atoms with Gasteiger partial charge in [-0.25, -0.2) is 8.78 Å². The van der Waals surface area contributed by atoms with E-state index in [1.165, 1.54) is 13.2 Å². The Labute approximate surface area is 160 Å². The van der Waals surface area contributed by atoms with E-state index in [0.717, 1.165) is 0 Å². The number of H-pyrrole nitrogens is 1. The summed E-state index contributed by atoms with van der Waals surface area (Å²) >= 11 is 6.16. The average molecular weight is 390 g/mol. The summed E-state index contributed by atoms with van der Waals surface area (Å²) in [5.41, 5.74) is 1.47. The van der Waals surface area contributed by atoms with Gasteiger partial charge in [-0.1, -0.05) is 35.0 Å². The number of oxime groups is 1. The quantitative estimate of drug-likeness (QED) is 0.551. The van der Waals surface area contributed by atoms with Gasteiger partial charge in [0.2, 0.25) is 0 Å². The number of fused-ring (bicyclic) bond motifs is 2. The van der Waals surface area contributed by atoms with E-state index < -0.39 is 17.2 Å². The molecule has 0 unspecified atom stereocenters. The van der Waals surface area contributed by atoms with Crippen molar-refractivity contribution >= 4 is 33.9 Å². The summed E-state index contributed by atoms with van der Waals surface area (Å²) in [5.74, 6) is -1.34. The zero-order valence-electron chi connectivity index (χ0n) is 15.1. The summed E-state index contributed by atoms with van der Waals surface area (Å²) in [6.45, 7) is 3.87. The number of nitrogens with one attached hydrogen (secondary N) is 2. The Morgan fingerprint density at radius 1 is 1.22 bits per heavy atom. The van der Waals surface area contributed by atoms with Crippen molar-refractivity contribution in [3.05, 3.63) is 52.7 Å². The number of anilines is 1. The van der Waals surface area contributed by atoms with Crippen molar-refractivity contribution < 1.29 is 13.6 Å². The molecule has 27 heavy (non-hydrogen) atoms. The molecule has 0 spiro atoms. The molecular formula is C20H18ClF2N3O. The molecule has 7 heteroatoms. The molecule has 0 saturated heterocycles. The second-order valence-electron chi connectivity index (χ2n) is 7.24. The minimum Gasteiger partial charge on any atom is -0.399 e. The molecule has 140 valence electrons. The molecule has 4 nitrogen and oxygen atoms in total. The van der Waals surface area contributed by atoms with Crippen LogP contribution in [0.5, 0.6) is 0 Å². The topological polar surface area (TPSA) is 49.4 Å². The van der Waals surface area contributed by atoms with Crippen LogP contribution in [0, 0.1) is 11.6 Å². The first-order valence-electron chi connectivity index (χ1n) is 8.49. The zero-order valence-corrected chi connectivity index (χ0v) is 15.8. The van der Waals surface area contributed by atoms with E-state index in [2.05, 4.69) is 15.5 Å². The van der Waals surface area contributed by atoms with Crippen molar-refractivity contribution in [3.8, 4) is 11.1 Å². The lowest BCUT2D eigenvalue weighted by atomic mass is 9.85. The number of aromatic nitrogens is 1. The van der Waals surface area contributed by atoms with Crippen LogP contribution in [0.4, 0.5) is 14.5 Å². The van der Waals surface area contributed by atoms with Gasteiger partial charge in [0.15, 0.2) is 0 Å². The minimum absolute atomic E-state index is 0.122. The molecular weight excluding hydrogens is 372 g/mol. The van der Waals surface area contributed by atoms with Crippen molar-refractivity contribution in [1.82, 2.24) is 4.98 Å². The third kappa shape index (κ3) is 2.84. The number of rotatable bonds is 2.